The Morgan fingerprint density at radius 1 is 1.07 bits per heavy atom. The second-order valence-electron chi connectivity index (χ2n) is 7.94. The van der Waals surface area contributed by atoms with Gasteiger partial charge in [-0.15, -0.1) is 0 Å². The smallest absolute Gasteiger partial charge is 0.381 e. The molecular formula is C23H27F3N2O. The molecule has 1 saturated carbocycles. The number of hydrogen-bond acceptors (Lipinski definition) is 2. The number of carbonyl (C=O) groups is 1. The van der Waals surface area contributed by atoms with Crippen molar-refractivity contribution in [2.45, 2.75) is 58.7 Å². The van der Waals surface area contributed by atoms with E-state index in [1.165, 1.54) is 18.9 Å². The number of aryl methyl sites for hydroxylation is 2. The lowest BCUT2D eigenvalue weighted by molar-refractivity contribution is -0.137. The topological polar surface area (TPSA) is 41.1 Å². The molecule has 3 rings (SSSR count). The van der Waals surface area contributed by atoms with Gasteiger partial charge in [0.2, 0.25) is 5.91 Å². The van der Waals surface area contributed by atoms with Gasteiger partial charge in [0.15, 0.2) is 0 Å². The van der Waals surface area contributed by atoms with E-state index in [2.05, 4.69) is 10.6 Å². The molecule has 0 spiro atoms. The monoisotopic (exact) mass is 404 g/mol. The molecule has 0 atom stereocenters. The van der Waals surface area contributed by atoms with Crippen LogP contribution in [0.3, 0.4) is 0 Å². The van der Waals surface area contributed by atoms with Crippen LogP contribution in [0.25, 0.3) is 0 Å². The third-order valence-electron chi connectivity index (χ3n) is 5.49. The van der Waals surface area contributed by atoms with Gasteiger partial charge < -0.3 is 10.6 Å². The Morgan fingerprint density at radius 2 is 1.72 bits per heavy atom. The predicted molar refractivity (Wildman–Crippen MR) is 110 cm³/mol. The minimum absolute atomic E-state index is 0.0536. The Kier molecular flexibility index (Phi) is 6.50. The van der Waals surface area contributed by atoms with E-state index in [0.29, 0.717) is 24.6 Å². The van der Waals surface area contributed by atoms with Crippen LogP contribution in [0, 0.1) is 19.8 Å². The van der Waals surface area contributed by atoms with Gasteiger partial charge in [0, 0.05) is 24.3 Å². The van der Waals surface area contributed by atoms with E-state index in [1.54, 1.807) is 6.07 Å². The lowest BCUT2D eigenvalue weighted by atomic mass is 10.0. The van der Waals surface area contributed by atoms with E-state index in [-0.39, 0.29) is 5.91 Å². The van der Waals surface area contributed by atoms with Gasteiger partial charge in [-0.3, -0.25) is 4.79 Å². The fourth-order valence-electron chi connectivity index (χ4n) is 4.03. The second-order valence-corrected chi connectivity index (χ2v) is 7.94. The molecule has 0 radical (unpaired) electrons. The van der Waals surface area contributed by atoms with E-state index >= 15 is 0 Å². The SMILES string of the molecule is Cc1cc(CNc2cccc(C(F)(F)F)c2)cc(C)c1NC(=O)CC1CCCC1. The van der Waals surface area contributed by atoms with Crippen LogP contribution in [0.15, 0.2) is 36.4 Å². The quantitative estimate of drug-likeness (QED) is 0.581. The first kappa shape index (κ1) is 21.2. The summed E-state index contributed by atoms with van der Waals surface area (Å²) in [6.45, 7) is 4.28. The van der Waals surface area contributed by atoms with Crippen molar-refractivity contribution in [1.29, 1.82) is 0 Å². The fraction of sp³-hybridized carbons (Fsp3) is 0.435. The first-order valence-electron chi connectivity index (χ1n) is 10.0. The van der Waals surface area contributed by atoms with Gasteiger partial charge in [-0.25, -0.2) is 0 Å². The number of benzene rings is 2. The van der Waals surface area contributed by atoms with Crippen LogP contribution in [0.4, 0.5) is 24.5 Å². The lowest BCUT2D eigenvalue weighted by Gasteiger charge is -2.16. The Bertz CT molecular complexity index is 848. The highest BCUT2D eigenvalue weighted by atomic mass is 19.4. The van der Waals surface area contributed by atoms with Crippen LogP contribution in [0.5, 0.6) is 0 Å². The Balaban J connectivity index is 1.64. The zero-order chi connectivity index (χ0) is 21.0. The standard InChI is InChI=1S/C23H27F3N2O/c1-15-10-18(14-27-20-9-5-8-19(13-20)23(24,25)26)11-16(2)22(15)28-21(29)12-17-6-3-4-7-17/h5,8-11,13,17,27H,3-4,6-7,12,14H2,1-2H3,(H,28,29). The maximum atomic E-state index is 12.9. The van der Waals surface area contributed by atoms with Crippen LogP contribution < -0.4 is 10.6 Å². The first-order valence-corrected chi connectivity index (χ1v) is 10.0. The van der Waals surface area contributed by atoms with Gasteiger partial charge in [-0.2, -0.15) is 13.2 Å². The number of nitrogens with one attached hydrogen (secondary N) is 2. The number of carbonyl (C=O) groups excluding carboxylic acids is 1. The largest absolute Gasteiger partial charge is 0.416 e. The van der Waals surface area contributed by atoms with Crippen molar-refractivity contribution in [3.05, 3.63) is 58.7 Å². The van der Waals surface area contributed by atoms with Gasteiger partial charge in [-0.05, 0) is 67.5 Å². The zero-order valence-electron chi connectivity index (χ0n) is 16.8. The number of rotatable bonds is 6. The molecule has 2 N–H and O–H groups in total. The Labute approximate surface area is 169 Å². The third kappa shape index (κ3) is 5.75. The molecule has 1 aliphatic carbocycles. The molecule has 0 bridgehead atoms. The van der Waals surface area contributed by atoms with Crippen LogP contribution in [-0.2, 0) is 17.5 Å². The molecular weight excluding hydrogens is 377 g/mol. The van der Waals surface area contributed by atoms with E-state index < -0.39 is 11.7 Å². The summed E-state index contributed by atoms with van der Waals surface area (Å²) in [5.74, 6) is 0.546. The van der Waals surface area contributed by atoms with Crippen molar-refractivity contribution in [3.63, 3.8) is 0 Å². The van der Waals surface area contributed by atoms with Crippen molar-refractivity contribution in [2.75, 3.05) is 10.6 Å². The highest BCUT2D eigenvalue weighted by Crippen LogP contribution is 2.31. The first-order chi connectivity index (χ1) is 13.7. The van der Waals surface area contributed by atoms with E-state index in [4.69, 9.17) is 0 Å². The van der Waals surface area contributed by atoms with Gasteiger partial charge in [0.1, 0.15) is 0 Å². The molecule has 0 aromatic heterocycles. The summed E-state index contributed by atoms with van der Waals surface area (Å²) in [6, 6.07) is 9.09. The number of hydrogen-bond donors (Lipinski definition) is 2. The highest BCUT2D eigenvalue weighted by molar-refractivity contribution is 5.92. The normalized spacial score (nSPS) is 14.8. The molecule has 2 aromatic rings. The van der Waals surface area contributed by atoms with Crippen molar-refractivity contribution in [3.8, 4) is 0 Å². The number of anilines is 2. The van der Waals surface area contributed by atoms with E-state index in [1.807, 2.05) is 26.0 Å². The van der Waals surface area contributed by atoms with Gasteiger partial charge in [0.25, 0.3) is 0 Å². The molecule has 0 unspecified atom stereocenters. The Hall–Kier alpha value is -2.50. The van der Waals surface area contributed by atoms with E-state index in [9.17, 15) is 18.0 Å². The van der Waals surface area contributed by atoms with E-state index in [0.717, 1.165) is 47.4 Å². The molecule has 3 nitrogen and oxygen atoms in total. The highest BCUT2D eigenvalue weighted by Gasteiger charge is 2.30. The molecule has 1 amide bonds. The average molecular weight is 404 g/mol. The molecule has 6 heteroatoms. The van der Waals surface area contributed by atoms with Crippen molar-refractivity contribution in [1.82, 2.24) is 0 Å². The van der Waals surface area contributed by atoms with Crippen molar-refractivity contribution >= 4 is 17.3 Å². The summed E-state index contributed by atoms with van der Waals surface area (Å²) in [5, 5.41) is 6.10. The maximum absolute atomic E-state index is 12.9. The minimum Gasteiger partial charge on any atom is -0.381 e. The lowest BCUT2D eigenvalue weighted by Crippen LogP contribution is -2.17. The second kappa shape index (κ2) is 8.89. The number of halogens is 3. The fourth-order valence-corrected chi connectivity index (χ4v) is 4.03. The number of alkyl halides is 3. The molecule has 2 aromatic carbocycles. The minimum atomic E-state index is -4.36. The molecule has 0 heterocycles. The van der Waals surface area contributed by atoms with Gasteiger partial charge in [0.05, 0.1) is 5.56 Å². The van der Waals surface area contributed by atoms with Crippen molar-refractivity contribution in [2.24, 2.45) is 5.92 Å². The van der Waals surface area contributed by atoms with Crippen LogP contribution in [0.2, 0.25) is 0 Å². The summed E-state index contributed by atoms with van der Waals surface area (Å²) in [4.78, 5) is 12.4. The van der Waals surface area contributed by atoms with Crippen LogP contribution >= 0.6 is 0 Å². The average Bonchev–Trinajstić information content (AvgIpc) is 3.15. The molecule has 156 valence electrons. The molecule has 29 heavy (non-hydrogen) atoms. The van der Waals surface area contributed by atoms with Crippen molar-refractivity contribution < 1.29 is 18.0 Å². The summed E-state index contributed by atoms with van der Waals surface area (Å²) < 4.78 is 38.6. The Morgan fingerprint density at radius 3 is 2.34 bits per heavy atom. The van der Waals surface area contributed by atoms with Crippen LogP contribution in [0.1, 0.15) is 54.4 Å². The molecule has 0 aliphatic heterocycles. The number of amides is 1. The van der Waals surface area contributed by atoms with Gasteiger partial charge >= 0.3 is 6.18 Å². The summed E-state index contributed by atoms with van der Waals surface area (Å²) in [6.07, 6.45) is 0.894. The zero-order valence-corrected chi connectivity index (χ0v) is 16.8. The van der Waals surface area contributed by atoms with Crippen LogP contribution in [-0.4, -0.2) is 5.91 Å². The van der Waals surface area contributed by atoms with Gasteiger partial charge in [-0.1, -0.05) is 31.0 Å². The maximum Gasteiger partial charge on any atom is 0.416 e. The molecule has 0 saturated heterocycles. The molecule has 1 aliphatic rings. The predicted octanol–water partition coefficient (Wildman–Crippen LogP) is 6.45. The summed E-state index contributed by atoms with van der Waals surface area (Å²) in [5.41, 5.74) is 3.43. The summed E-state index contributed by atoms with van der Waals surface area (Å²) >= 11 is 0. The third-order valence-corrected chi connectivity index (χ3v) is 5.49. The summed E-state index contributed by atoms with van der Waals surface area (Å²) in [7, 11) is 0. The molecule has 1 fully saturated rings.